The van der Waals surface area contributed by atoms with E-state index in [2.05, 4.69) is 15.8 Å². The second-order valence-corrected chi connectivity index (χ2v) is 7.18. The molecule has 0 spiro atoms. The van der Waals surface area contributed by atoms with E-state index >= 15 is 0 Å². The third-order valence-electron chi connectivity index (χ3n) is 4.46. The van der Waals surface area contributed by atoms with Crippen LogP contribution in [0.2, 0.25) is 5.02 Å². The van der Waals surface area contributed by atoms with E-state index in [9.17, 15) is 9.59 Å². The van der Waals surface area contributed by atoms with Crippen molar-refractivity contribution in [3.05, 3.63) is 88.4 Å². The zero-order chi connectivity index (χ0) is 22.9. The van der Waals surface area contributed by atoms with Gasteiger partial charge in [-0.05, 0) is 41.8 Å². The lowest BCUT2D eigenvalue weighted by Gasteiger charge is -2.13. The average Bonchev–Trinajstić information content (AvgIpc) is 2.80. The fraction of sp³-hybridized carbons (Fsp3) is 0.125. The molecular weight excluding hydrogens is 430 g/mol. The first-order valence-electron chi connectivity index (χ1n) is 9.72. The van der Waals surface area contributed by atoms with Crippen molar-refractivity contribution in [3.8, 4) is 11.5 Å². The first-order valence-corrected chi connectivity index (χ1v) is 10.1. The van der Waals surface area contributed by atoms with Gasteiger partial charge in [0.2, 0.25) is 0 Å². The summed E-state index contributed by atoms with van der Waals surface area (Å²) >= 11 is 6.36. The topological polar surface area (TPSA) is 89.0 Å². The van der Waals surface area contributed by atoms with Gasteiger partial charge in [-0.15, -0.1) is 0 Å². The Kier molecular flexibility index (Phi) is 7.83. The van der Waals surface area contributed by atoms with Crippen LogP contribution in [-0.4, -0.2) is 25.1 Å². The van der Waals surface area contributed by atoms with Crippen LogP contribution >= 0.6 is 11.6 Å². The normalized spacial score (nSPS) is 10.6. The summed E-state index contributed by atoms with van der Waals surface area (Å²) < 4.78 is 11.2. The highest BCUT2D eigenvalue weighted by Crippen LogP contribution is 2.36. The number of nitrogens with zero attached hydrogens (tertiary/aromatic N) is 1. The minimum atomic E-state index is -0.898. The van der Waals surface area contributed by atoms with Gasteiger partial charge in [-0.3, -0.25) is 9.59 Å². The summed E-state index contributed by atoms with van der Waals surface area (Å²) in [6, 6.07) is 20.1. The van der Waals surface area contributed by atoms with Crippen molar-refractivity contribution in [2.75, 3.05) is 12.4 Å². The summed E-state index contributed by atoms with van der Waals surface area (Å²) in [5.74, 6) is -0.905. The summed E-state index contributed by atoms with van der Waals surface area (Å²) in [5, 5.41) is 6.69. The van der Waals surface area contributed by atoms with E-state index in [1.807, 2.05) is 49.4 Å². The Morgan fingerprint density at radius 1 is 1.03 bits per heavy atom. The highest BCUT2D eigenvalue weighted by molar-refractivity contribution is 6.39. The molecule has 0 aromatic heterocycles. The number of halogens is 1. The zero-order valence-corrected chi connectivity index (χ0v) is 18.3. The molecule has 0 aliphatic heterocycles. The van der Waals surface area contributed by atoms with Crippen molar-refractivity contribution in [1.82, 2.24) is 5.43 Å². The molecule has 0 unspecified atom stereocenters. The maximum atomic E-state index is 12.0. The second kappa shape index (κ2) is 11.0. The molecule has 0 aliphatic rings. The number of anilines is 1. The van der Waals surface area contributed by atoms with Crippen molar-refractivity contribution in [2.24, 2.45) is 5.10 Å². The van der Waals surface area contributed by atoms with Gasteiger partial charge in [0, 0.05) is 5.69 Å². The van der Waals surface area contributed by atoms with Gasteiger partial charge < -0.3 is 14.8 Å². The van der Waals surface area contributed by atoms with Gasteiger partial charge in [0.05, 0.1) is 18.3 Å². The fourth-order valence-electron chi connectivity index (χ4n) is 2.79. The molecule has 0 aliphatic carbocycles. The van der Waals surface area contributed by atoms with Crippen LogP contribution < -0.4 is 20.2 Å². The molecule has 0 heterocycles. The molecule has 0 saturated heterocycles. The minimum absolute atomic E-state index is 0.324. The molecule has 7 nitrogen and oxygen atoms in total. The number of carbonyl (C=O) groups excluding carboxylic acids is 2. The van der Waals surface area contributed by atoms with Crippen LogP contribution in [0.5, 0.6) is 11.5 Å². The van der Waals surface area contributed by atoms with Gasteiger partial charge in [0.15, 0.2) is 11.5 Å². The number of methoxy groups -OCH3 is 1. The Bertz CT molecular complexity index is 1130. The summed E-state index contributed by atoms with van der Waals surface area (Å²) in [5.41, 5.74) is 5.13. The van der Waals surface area contributed by atoms with E-state index in [0.29, 0.717) is 34.4 Å². The van der Waals surface area contributed by atoms with E-state index in [0.717, 1.165) is 11.1 Å². The Labute approximate surface area is 191 Å². The van der Waals surface area contributed by atoms with Gasteiger partial charge in [0.25, 0.3) is 0 Å². The summed E-state index contributed by atoms with van der Waals surface area (Å²) in [6.07, 6.45) is 1.36. The van der Waals surface area contributed by atoms with Gasteiger partial charge in [-0.1, -0.05) is 60.1 Å². The fourth-order valence-corrected chi connectivity index (χ4v) is 3.07. The number of hydrogen-bond donors (Lipinski definition) is 2. The van der Waals surface area contributed by atoms with Crippen molar-refractivity contribution in [2.45, 2.75) is 13.5 Å². The van der Waals surface area contributed by atoms with Gasteiger partial charge in [-0.2, -0.15) is 5.10 Å². The molecule has 0 radical (unpaired) electrons. The Balaban J connectivity index is 1.62. The van der Waals surface area contributed by atoms with Crippen LogP contribution in [0, 0.1) is 6.92 Å². The molecule has 0 saturated carbocycles. The molecule has 8 heteroatoms. The van der Waals surface area contributed by atoms with Crippen molar-refractivity contribution >= 4 is 35.3 Å². The molecular formula is C24H22ClN3O4. The van der Waals surface area contributed by atoms with Crippen LogP contribution in [0.4, 0.5) is 5.69 Å². The van der Waals surface area contributed by atoms with Gasteiger partial charge >= 0.3 is 11.8 Å². The van der Waals surface area contributed by atoms with E-state index in [4.69, 9.17) is 21.1 Å². The molecule has 0 atom stereocenters. The van der Waals surface area contributed by atoms with Crippen molar-refractivity contribution in [1.29, 1.82) is 0 Å². The van der Waals surface area contributed by atoms with Crippen LogP contribution in [0.3, 0.4) is 0 Å². The Hall–Kier alpha value is -3.84. The number of para-hydroxylation sites is 1. The zero-order valence-electron chi connectivity index (χ0n) is 17.6. The van der Waals surface area contributed by atoms with E-state index < -0.39 is 11.8 Å². The molecule has 2 N–H and O–H groups in total. The van der Waals surface area contributed by atoms with Crippen LogP contribution in [0.15, 0.2) is 71.8 Å². The predicted molar refractivity (Wildman–Crippen MR) is 124 cm³/mol. The van der Waals surface area contributed by atoms with Gasteiger partial charge in [-0.25, -0.2) is 5.43 Å². The highest BCUT2D eigenvalue weighted by atomic mass is 35.5. The molecule has 2 amide bonds. The Morgan fingerprint density at radius 3 is 2.47 bits per heavy atom. The summed E-state index contributed by atoms with van der Waals surface area (Å²) in [7, 11) is 1.50. The number of aryl methyl sites for hydroxylation is 1. The van der Waals surface area contributed by atoms with Crippen molar-refractivity contribution < 1.29 is 19.1 Å². The lowest BCUT2D eigenvalue weighted by atomic mass is 10.2. The first kappa shape index (κ1) is 22.8. The first-order chi connectivity index (χ1) is 15.5. The van der Waals surface area contributed by atoms with E-state index in [-0.39, 0.29) is 0 Å². The largest absolute Gasteiger partial charge is 0.493 e. The predicted octanol–water partition coefficient (Wildman–Crippen LogP) is 4.32. The third-order valence-corrected chi connectivity index (χ3v) is 4.74. The SMILES string of the molecule is COc1cc(/C=N\NC(=O)C(=O)Nc2ccccc2C)cc(Cl)c1OCc1ccccc1. The number of hydrogen-bond acceptors (Lipinski definition) is 5. The van der Waals surface area contributed by atoms with Crippen LogP contribution in [0.25, 0.3) is 0 Å². The van der Waals surface area contributed by atoms with Crippen LogP contribution in [0.1, 0.15) is 16.7 Å². The average molecular weight is 452 g/mol. The lowest BCUT2D eigenvalue weighted by molar-refractivity contribution is -0.136. The molecule has 164 valence electrons. The summed E-state index contributed by atoms with van der Waals surface area (Å²) in [4.78, 5) is 24.0. The molecule has 0 bridgehead atoms. The number of nitrogens with one attached hydrogen (secondary N) is 2. The monoisotopic (exact) mass is 451 g/mol. The maximum absolute atomic E-state index is 12.0. The number of amides is 2. The molecule has 3 rings (SSSR count). The smallest absolute Gasteiger partial charge is 0.329 e. The van der Waals surface area contributed by atoms with E-state index in [1.165, 1.54) is 13.3 Å². The maximum Gasteiger partial charge on any atom is 0.329 e. The third kappa shape index (κ3) is 6.09. The second-order valence-electron chi connectivity index (χ2n) is 6.78. The minimum Gasteiger partial charge on any atom is -0.493 e. The van der Waals surface area contributed by atoms with Gasteiger partial charge in [0.1, 0.15) is 6.61 Å². The molecule has 0 fully saturated rings. The lowest BCUT2D eigenvalue weighted by Crippen LogP contribution is -2.32. The van der Waals surface area contributed by atoms with Crippen LogP contribution in [-0.2, 0) is 16.2 Å². The number of ether oxygens (including phenoxy) is 2. The van der Waals surface area contributed by atoms with E-state index in [1.54, 1.807) is 24.3 Å². The highest BCUT2D eigenvalue weighted by Gasteiger charge is 2.14. The molecule has 3 aromatic rings. The quantitative estimate of drug-likeness (QED) is 0.318. The summed E-state index contributed by atoms with van der Waals surface area (Å²) in [6.45, 7) is 2.16. The number of hydrazone groups is 1. The molecule has 3 aromatic carbocycles. The molecule has 32 heavy (non-hydrogen) atoms. The van der Waals surface area contributed by atoms with Crippen molar-refractivity contribution in [3.63, 3.8) is 0 Å². The Morgan fingerprint density at radius 2 is 1.75 bits per heavy atom. The number of rotatable bonds is 7. The standard InChI is InChI=1S/C24H22ClN3O4/c1-16-8-6-7-11-20(16)27-23(29)24(30)28-26-14-18-12-19(25)22(21(13-18)31-2)32-15-17-9-4-3-5-10-17/h3-14H,15H2,1-2H3,(H,27,29)(H,28,30)/b26-14-. The number of benzene rings is 3. The number of carbonyl (C=O) groups is 2.